The molecule has 0 bridgehead atoms. The van der Waals surface area contributed by atoms with E-state index in [0.29, 0.717) is 23.7 Å². The van der Waals surface area contributed by atoms with Crippen LogP contribution in [0.4, 0.5) is 10.2 Å². The Hall–Kier alpha value is -1.12. The third-order valence-corrected chi connectivity index (χ3v) is 3.55. The van der Waals surface area contributed by atoms with E-state index >= 15 is 0 Å². The molecule has 82 valence electrons. The summed E-state index contributed by atoms with van der Waals surface area (Å²) in [5.74, 6) is 1.44. The van der Waals surface area contributed by atoms with Crippen molar-refractivity contribution in [3.63, 3.8) is 0 Å². The van der Waals surface area contributed by atoms with Gasteiger partial charge in [0.2, 0.25) is 0 Å². The van der Waals surface area contributed by atoms with Crippen molar-refractivity contribution < 1.29 is 4.39 Å². The average molecular weight is 208 g/mol. The first-order chi connectivity index (χ1) is 7.18. The second kappa shape index (κ2) is 4.17. The number of nitrogens with zero attached hydrogens (tertiary/aromatic N) is 1. The van der Waals surface area contributed by atoms with E-state index in [1.165, 1.54) is 12.5 Å². The number of halogens is 1. The molecule has 0 saturated heterocycles. The summed E-state index contributed by atoms with van der Waals surface area (Å²) in [6.07, 6.45) is 3.94. The summed E-state index contributed by atoms with van der Waals surface area (Å²) in [5, 5.41) is 3.20. The maximum absolute atomic E-state index is 13.3. The summed E-state index contributed by atoms with van der Waals surface area (Å²) in [7, 11) is 0. The minimum Gasteiger partial charge on any atom is -0.365 e. The number of nitrogens with one attached hydrogen (secondary N) is 1. The normalized spacial score (nSPS) is 30.5. The van der Waals surface area contributed by atoms with Crippen LogP contribution in [0.15, 0.2) is 18.3 Å². The maximum Gasteiger partial charge on any atom is 0.165 e. The zero-order chi connectivity index (χ0) is 10.8. The molecule has 0 amide bonds. The first-order valence-electron chi connectivity index (χ1n) is 5.55. The van der Waals surface area contributed by atoms with Gasteiger partial charge in [-0.1, -0.05) is 13.8 Å². The van der Waals surface area contributed by atoms with Crippen molar-refractivity contribution in [1.82, 2.24) is 4.98 Å². The molecular formula is C12H17FN2. The van der Waals surface area contributed by atoms with Crippen LogP contribution in [0.5, 0.6) is 0 Å². The SMILES string of the molecule is CC1CCC(Nc2ncccc2F)C1C. The number of aromatic nitrogens is 1. The van der Waals surface area contributed by atoms with Crippen LogP contribution in [0.1, 0.15) is 26.7 Å². The fourth-order valence-electron chi connectivity index (χ4n) is 2.24. The Morgan fingerprint density at radius 1 is 1.40 bits per heavy atom. The highest BCUT2D eigenvalue weighted by atomic mass is 19.1. The summed E-state index contributed by atoms with van der Waals surface area (Å²) in [4.78, 5) is 4.02. The van der Waals surface area contributed by atoms with E-state index in [4.69, 9.17) is 0 Å². The molecule has 1 aliphatic carbocycles. The van der Waals surface area contributed by atoms with Crippen LogP contribution in [0.2, 0.25) is 0 Å². The molecular weight excluding hydrogens is 191 g/mol. The molecule has 3 unspecified atom stereocenters. The van der Waals surface area contributed by atoms with Crippen LogP contribution in [0, 0.1) is 17.7 Å². The predicted molar refractivity (Wildman–Crippen MR) is 59.2 cm³/mol. The van der Waals surface area contributed by atoms with Gasteiger partial charge in [0.25, 0.3) is 0 Å². The first-order valence-corrected chi connectivity index (χ1v) is 5.55. The minimum atomic E-state index is -0.260. The van der Waals surface area contributed by atoms with Crippen molar-refractivity contribution in [1.29, 1.82) is 0 Å². The second-order valence-corrected chi connectivity index (χ2v) is 4.50. The zero-order valence-electron chi connectivity index (χ0n) is 9.20. The molecule has 2 nitrogen and oxygen atoms in total. The third kappa shape index (κ3) is 2.11. The monoisotopic (exact) mass is 208 g/mol. The Kier molecular flexibility index (Phi) is 2.89. The second-order valence-electron chi connectivity index (χ2n) is 4.50. The molecule has 15 heavy (non-hydrogen) atoms. The van der Waals surface area contributed by atoms with Gasteiger partial charge in [-0.25, -0.2) is 9.37 Å². The third-order valence-electron chi connectivity index (χ3n) is 3.55. The molecule has 1 aliphatic rings. The molecule has 0 spiro atoms. The fourth-order valence-corrected chi connectivity index (χ4v) is 2.24. The lowest BCUT2D eigenvalue weighted by molar-refractivity contribution is 0.434. The Morgan fingerprint density at radius 2 is 2.20 bits per heavy atom. The molecule has 1 saturated carbocycles. The molecule has 2 rings (SSSR count). The molecule has 1 fully saturated rings. The van der Waals surface area contributed by atoms with Crippen molar-refractivity contribution in [2.75, 3.05) is 5.32 Å². The largest absolute Gasteiger partial charge is 0.365 e. The standard InChI is InChI=1S/C12H17FN2/c1-8-5-6-11(9(8)2)15-12-10(13)4-3-7-14-12/h3-4,7-9,11H,5-6H2,1-2H3,(H,14,15). The van der Waals surface area contributed by atoms with E-state index in [2.05, 4.69) is 24.1 Å². The molecule has 1 aromatic heterocycles. The average Bonchev–Trinajstić information content (AvgIpc) is 2.53. The Bertz CT molecular complexity index is 340. The highest BCUT2D eigenvalue weighted by Crippen LogP contribution is 2.33. The summed E-state index contributed by atoms with van der Waals surface area (Å²) >= 11 is 0. The van der Waals surface area contributed by atoms with Crippen LogP contribution in [-0.2, 0) is 0 Å². The lowest BCUT2D eigenvalue weighted by Crippen LogP contribution is -2.25. The van der Waals surface area contributed by atoms with E-state index in [1.807, 2.05) is 0 Å². The molecule has 0 aliphatic heterocycles. The summed E-state index contributed by atoms with van der Waals surface area (Å²) in [5.41, 5.74) is 0. The van der Waals surface area contributed by atoms with Crippen molar-refractivity contribution in [2.45, 2.75) is 32.7 Å². The van der Waals surface area contributed by atoms with Crippen molar-refractivity contribution in [3.8, 4) is 0 Å². The molecule has 1 N–H and O–H groups in total. The van der Waals surface area contributed by atoms with E-state index in [-0.39, 0.29) is 5.82 Å². The number of hydrogen-bond donors (Lipinski definition) is 1. The maximum atomic E-state index is 13.3. The van der Waals surface area contributed by atoms with E-state index < -0.39 is 0 Å². The number of hydrogen-bond acceptors (Lipinski definition) is 2. The Balaban J connectivity index is 2.07. The molecule has 0 radical (unpaired) electrons. The van der Waals surface area contributed by atoms with Crippen LogP contribution in [-0.4, -0.2) is 11.0 Å². The van der Waals surface area contributed by atoms with Crippen molar-refractivity contribution in [3.05, 3.63) is 24.1 Å². The summed E-state index contributed by atoms with van der Waals surface area (Å²) < 4.78 is 13.3. The van der Waals surface area contributed by atoms with Crippen LogP contribution >= 0.6 is 0 Å². The number of anilines is 1. The fraction of sp³-hybridized carbons (Fsp3) is 0.583. The smallest absolute Gasteiger partial charge is 0.165 e. The van der Waals surface area contributed by atoms with Gasteiger partial charge in [0.05, 0.1) is 0 Å². The van der Waals surface area contributed by atoms with Gasteiger partial charge in [0, 0.05) is 12.2 Å². The van der Waals surface area contributed by atoms with Gasteiger partial charge in [-0.15, -0.1) is 0 Å². The first kappa shape index (κ1) is 10.4. The Labute approximate surface area is 89.9 Å². The molecule has 3 heteroatoms. The molecule has 1 aromatic rings. The van der Waals surface area contributed by atoms with Gasteiger partial charge in [0.1, 0.15) is 0 Å². The van der Waals surface area contributed by atoms with Gasteiger partial charge in [-0.05, 0) is 36.8 Å². The molecule has 0 aromatic carbocycles. The topological polar surface area (TPSA) is 24.9 Å². The van der Waals surface area contributed by atoms with Gasteiger partial charge in [0.15, 0.2) is 11.6 Å². The van der Waals surface area contributed by atoms with Gasteiger partial charge >= 0.3 is 0 Å². The van der Waals surface area contributed by atoms with Crippen molar-refractivity contribution in [2.24, 2.45) is 11.8 Å². The van der Waals surface area contributed by atoms with E-state index in [0.717, 1.165) is 6.42 Å². The minimum absolute atomic E-state index is 0.260. The van der Waals surface area contributed by atoms with Crippen molar-refractivity contribution >= 4 is 5.82 Å². The van der Waals surface area contributed by atoms with Gasteiger partial charge in [-0.3, -0.25) is 0 Å². The quantitative estimate of drug-likeness (QED) is 0.808. The zero-order valence-corrected chi connectivity index (χ0v) is 9.20. The predicted octanol–water partition coefficient (Wildman–Crippen LogP) is 3.07. The van der Waals surface area contributed by atoms with Crippen LogP contribution in [0.25, 0.3) is 0 Å². The number of pyridine rings is 1. The lowest BCUT2D eigenvalue weighted by Gasteiger charge is -2.20. The highest BCUT2D eigenvalue weighted by molar-refractivity contribution is 5.37. The molecule has 3 atom stereocenters. The summed E-state index contributed by atoms with van der Waals surface area (Å²) in [6.45, 7) is 4.47. The van der Waals surface area contributed by atoms with Crippen LogP contribution in [0.3, 0.4) is 0 Å². The molecule has 1 heterocycles. The number of rotatable bonds is 2. The summed E-state index contributed by atoms with van der Waals surface area (Å²) in [6, 6.07) is 3.42. The Morgan fingerprint density at radius 3 is 2.80 bits per heavy atom. The van der Waals surface area contributed by atoms with Gasteiger partial charge in [-0.2, -0.15) is 0 Å². The van der Waals surface area contributed by atoms with Crippen LogP contribution < -0.4 is 5.32 Å². The van der Waals surface area contributed by atoms with Gasteiger partial charge < -0.3 is 5.32 Å². The highest BCUT2D eigenvalue weighted by Gasteiger charge is 2.30. The van der Waals surface area contributed by atoms with E-state index in [1.54, 1.807) is 12.3 Å². The lowest BCUT2D eigenvalue weighted by atomic mass is 9.98. The van der Waals surface area contributed by atoms with E-state index in [9.17, 15) is 4.39 Å².